The molecule has 0 N–H and O–H groups in total. The summed E-state index contributed by atoms with van der Waals surface area (Å²) >= 11 is 6.20. The number of carbonyl (C=O) groups excluding carboxylic acids is 1. The first-order valence-electron chi connectivity index (χ1n) is 6.93. The number of ether oxygens (including phenoxy) is 2. The van der Waals surface area contributed by atoms with E-state index in [1.54, 1.807) is 11.7 Å². The Hall–Kier alpha value is -0.910. The Labute approximate surface area is 124 Å². The first-order chi connectivity index (χ1) is 9.50. The Morgan fingerprint density at radius 2 is 2.15 bits per heavy atom. The van der Waals surface area contributed by atoms with Crippen molar-refractivity contribution in [3.63, 3.8) is 0 Å². The van der Waals surface area contributed by atoms with Crippen LogP contribution in [0.5, 0.6) is 0 Å². The monoisotopic (exact) mass is 300 g/mol. The maximum Gasteiger partial charge on any atom is 0.169 e. The number of nitrogens with zero attached hydrogens (tertiary/aromatic N) is 2. The minimum Gasteiger partial charge on any atom is -0.381 e. The first kappa shape index (κ1) is 15.5. The van der Waals surface area contributed by atoms with Gasteiger partial charge in [0, 0.05) is 51.7 Å². The Kier molecular flexibility index (Phi) is 4.83. The van der Waals surface area contributed by atoms with Crippen molar-refractivity contribution in [3.8, 4) is 0 Å². The van der Waals surface area contributed by atoms with Crippen molar-refractivity contribution in [2.75, 3.05) is 19.8 Å². The van der Waals surface area contributed by atoms with Crippen LogP contribution >= 0.6 is 11.6 Å². The summed E-state index contributed by atoms with van der Waals surface area (Å²) in [7, 11) is 1.77. The van der Waals surface area contributed by atoms with Gasteiger partial charge >= 0.3 is 0 Å². The van der Waals surface area contributed by atoms with Crippen LogP contribution < -0.4 is 0 Å². The van der Waals surface area contributed by atoms with Gasteiger partial charge in [-0.2, -0.15) is 5.10 Å². The Balaban J connectivity index is 2.20. The fourth-order valence-electron chi connectivity index (χ4n) is 2.68. The first-order valence-corrected chi connectivity index (χ1v) is 7.31. The lowest BCUT2D eigenvalue weighted by molar-refractivity contribution is -0.156. The molecular formula is C14H21ClN2O3. The molecule has 1 saturated heterocycles. The highest BCUT2D eigenvalue weighted by Crippen LogP contribution is 2.29. The van der Waals surface area contributed by atoms with Crippen LogP contribution in [0.15, 0.2) is 0 Å². The van der Waals surface area contributed by atoms with Crippen LogP contribution in [0.1, 0.15) is 31.0 Å². The van der Waals surface area contributed by atoms with Gasteiger partial charge in [0.2, 0.25) is 0 Å². The van der Waals surface area contributed by atoms with E-state index in [0.717, 1.165) is 11.3 Å². The van der Waals surface area contributed by atoms with Gasteiger partial charge in [0.1, 0.15) is 10.8 Å². The van der Waals surface area contributed by atoms with Gasteiger partial charge < -0.3 is 9.47 Å². The maximum atomic E-state index is 12.7. The molecule has 6 heteroatoms. The van der Waals surface area contributed by atoms with Crippen LogP contribution in [-0.2, 0) is 27.7 Å². The second-order valence-electron chi connectivity index (χ2n) is 5.12. The molecule has 20 heavy (non-hydrogen) atoms. The summed E-state index contributed by atoms with van der Waals surface area (Å²) in [6.45, 7) is 5.42. The Morgan fingerprint density at radius 1 is 1.50 bits per heavy atom. The van der Waals surface area contributed by atoms with Crippen LogP contribution in [0.2, 0.25) is 5.15 Å². The van der Waals surface area contributed by atoms with Crippen LogP contribution in [0.25, 0.3) is 0 Å². The van der Waals surface area contributed by atoms with E-state index in [9.17, 15) is 4.79 Å². The van der Waals surface area contributed by atoms with Gasteiger partial charge in [-0.3, -0.25) is 9.48 Å². The molecule has 112 valence electrons. The Morgan fingerprint density at radius 3 is 2.65 bits per heavy atom. The van der Waals surface area contributed by atoms with Crippen LogP contribution in [0, 0.1) is 6.92 Å². The molecular weight excluding hydrogens is 280 g/mol. The molecule has 0 saturated carbocycles. The lowest BCUT2D eigenvalue weighted by Gasteiger charge is -2.35. The molecule has 2 rings (SSSR count). The number of ketones is 1. The standard InChI is InChI=1S/C14H21ClN2O3/c1-4-20-14(5-7-19-8-6-14)12(18)9-11-10(2)16-17(3)13(11)15/h4-9H2,1-3H3. The largest absolute Gasteiger partial charge is 0.381 e. The van der Waals surface area contributed by atoms with Crippen molar-refractivity contribution in [1.29, 1.82) is 0 Å². The van der Waals surface area contributed by atoms with Crippen LogP contribution in [0.3, 0.4) is 0 Å². The van der Waals surface area contributed by atoms with E-state index in [2.05, 4.69) is 5.10 Å². The van der Waals surface area contributed by atoms with Crippen molar-refractivity contribution >= 4 is 17.4 Å². The smallest absolute Gasteiger partial charge is 0.169 e. The topological polar surface area (TPSA) is 53.3 Å². The second-order valence-corrected chi connectivity index (χ2v) is 5.48. The molecule has 0 radical (unpaired) electrons. The lowest BCUT2D eigenvalue weighted by atomic mass is 9.86. The third kappa shape index (κ3) is 2.90. The molecule has 0 amide bonds. The van der Waals surface area contributed by atoms with E-state index < -0.39 is 5.60 Å². The molecule has 1 aromatic heterocycles. The fraction of sp³-hybridized carbons (Fsp3) is 0.714. The highest BCUT2D eigenvalue weighted by molar-refractivity contribution is 6.30. The van der Waals surface area contributed by atoms with Gasteiger partial charge in [-0.05, 0) is 13.8 Å². The summed E-state index contributed by atoms with van der Waals surface area (Å²) in [5.41, 5.74) is 0.868. The number of aryl methyl sites for hydroxylation is 2. The van der Waals surface area contributed by atoms with Crippen molar-refractivity contribution < 1.29 is 14.3 Å². The lowest BCUT2D eigenvalue weighted by Crippen LogP contribution is -2.47. The fourth-order valence-corrected chi connectivity index (χ4v) is 2.92. The van der Waals surface area contributed by atoms with Crippen molar-refractivity contribution in [2.24, 2.45) is 7.05 Å². The average molecular weight is 301 g/mol. The van der Waals surface area contributed by atoms with E-state index in [1.165, 1.54) is 0 Å². The highest BCUT2D eigenvalue weighted by atomic mass is 35.5. The molecule has 0 bridgehead atoms. The van der Waals surface area contributed by atoms with Crippen LogP contribution in [-0.4, -0.2) is 41.0 Å². The number of rotatable bonds is 5. The summed E-state index contributed by atoms with van der Waals surface area (Å²) in [6, 6.07) is 0. The molecule has 0 aromatic carbocycles. The number of halogens is 1. The predicted octanol–water partition coefficient (Wildman–Crippen LogP) is 2.08. The number of aromatic nitrogens is 2. The highest BCUT2D eigenvalue weighted by Gasteiger charge is 2.40. The number of hydrogen-bond acceptors (Lipinski definition) is 4. The molecule has 0 aliphatic carbocycles. The SMILES string of the molecule is CCOC1(C(=O)Cc2c(C)nn(C)c2Cl)CCOCC1. The van der Waals surface area contributed by atoms with E-state index >= 15 is 0 Å². The normalized spacial score (nSPS) is 18.2. The summed E-state index contributed by atoms with van der Waals surface area (Å²) in [5.74, 6) is 0.0700. The van der Waals surface area contributed by atoms with E-state index in [0.29, 0.717) is 37.8 Å². The van der Waals surface area contributed by atoms with E-state index in [4.69, 9.17) is 21.1 Å². The van der Waals surface area contributed by atoms with Crippen molar-refractivity contribution in [2.45, 2.75) is 38.7 Å². The molecule has 0 spiro atoms. The van der Waals surface area contributed by atoms with Gasteiger partial charge in [-0.1, -0.05) is 11.6 Å². The number of Topliss-reactive ketones (excluding diaryl/α,β-unsaturated/α-hetero) is 1. The van der Waals surface area contributed by atoms with Crippen LogP contribution in [0.4, 0.5) is 0 Å². The zero-order valence-electron chi connectivity index (χ0n) is 12.2. The third-order valence-corrected chi connectivity index (χ3v) is 4.31. The zero-order chi connectivity index (χ0) is 14.8. The maximum absolute atomic E-state index is 12.7. The second kappa shape index (κ2) is 6.24. The van der Waals surface area contributed by atoms with Gasteiger partial charge in [0.15, 0.2) is 5.78 Å². The van der Waals surface area contributed by atoms with Crippen molar-refractivity contribution in [1.82, 2.24) is 9.78 Å². The summed E-state index contributed by atoms with van der Waals surface area (Å²) < 4.78 is 12.7. The predicted molar refractivity (Wildman–Crippen MR) is 76.1 cm³/mol. The molecule has 1 aromatic rings. The minimum atomic E-state index is -0.724. The number of hydrogen-bond donors (Lipinski definition) is 0. The summed E-state index contributed by atoms with van der Waals surface area (Å²) in [6.07, 6.45) is 1.48. The Bertz CT molecular complexity index is 487. The molecule has 0 unspecified atom stereocenters. The molecule has 1 aliphatic rings. The molecule has 2 heterocycles. The molecule has 5 nitrogen and oxygen atoms in total. The van der Waals surface area contributed by atoms with Gasteiger partial charge in [-0.15, -0.1) is 0 Å². The summed E-state index contributed by atoms with van der Waals surface area (Å²) in [4.78, 5) is 12.7. The number of carbonyl (C=O) groups is 1. The summed E-state index contributed by atoms with van der Waals surface area (Å²) in [5, 5.41) is 4.77. The molecule has 1 fully saturated rings. The van der Waals surface area contributed by atoms with Crippen molar-refractivity contribution in [3.05, 3.63) is 16.4 Å². The average Bonchev–Trinajstić information content (AvgIpc) is 2.67. The van der Waals surface area contributed by atoms with E-state index in [1.807, 2.05) is 13.8 Å². The minimum absolute atomic E-state index is 0.0700. The zero-order valence-corrected chi connectivity index (χ0v) is 13.0. The third-order valence-electron chi connectivity index (χ3n) is 3.84. The quantitative estimate of drug-likeness (QED) is 0.835. The molecule has 1 aliphatic heterocycles. The van der Waals surface area contributed by atoms with Gasteiger partial charge in [0.25, 0.3) is 0 Å². The van der Waals surface area contributed by atoms with Gasteiger partial charge in [-0.25, -0.2) is 0 Å². The van der Waals surface area contributed by atoms with E-state index in [-0.39, 0.29) is 12.2 Å². The van der Waals surface area contributed by atoms with Gasteiger partial charge in [0.05, 0.1) is 5.69 Å². The molecule has 0 atom stereocenters.